The van der Waals surface area contributed by atoms with Crippen molar-refractivity contribution in [1.29, 1.82) is 0 Å². The van der Waals surface area contributed by atoms with E-state index < -0.39 is 0 Å². The van der Waals surface area contributed by atoms with Crippen LogP contribution in [0.2, 0.25) is 0 Å². The zero-order valence-corrected chi connectivity index (χ0v) is 20.8. The van der Waals surface area contributed by atoms with Gasteiger partial charge in [0.15, 0.2) is 5.96 Å². The van der Waals surface area contributed by atoms with Crippen LogP contribution in [0.1, 0.15) is 49.5 Å². The molecule has 1 amide bonds. The maximum absolute atomic E-state index is 12.6. The average Bonchev–Trinajstić information content (AvgIpc) is 3.14. The molecular weight excluding hydrogens is 499 g/mol. The highest BCUT2D eigenvalue weighted by Crippen LogP contribution is 2.44. The molecule has 29 heavy (non-hydrogen) atoms. The van der Waals surface area contributed by atoms with Crippen LogP contribution in [-0.4, -0.2) is 56.7 Å². The molecule has 0 bridgehead atoms. The van der Waals surface area contributed by atoms with Gasteiger partial charge in [0.1, 0.15) is 0 Å². The van der Waals surface area contributed by atoms with Crippen molar-refractivity contribution in [2.45, 2.75) is 52.0 Å². The molecule has 0 saturated heterocycles. The van der Waals surface area contributed by atoms with E-state index in [-0.39, 0.29) is 29.9 Å². The van der Waals surface area contributed by atoms with E-state index in [9.17, 15) is 4.79 Å². The summed E-state index contributed by atoms with van der Waals surface area (Å²) in [5.41, 5.74) is 1.62. The summed E-state index contributed by atoms with van der Waals surface area (Å²) < 4.78 is 5.27. The number of carbonyl (C=O) groups excluding carboxylic acids is 1. The van der Waals surface area contributed by atoms with Crippen molar-refractivity contribution in [1.82, 2.24) is 15.5 Å². The van der Waals surface area contributed by atoms with Crippen molar-refractivity contribution >= 4 is 47.2 Å². The lowest BCUT2D eigenvalue weighted by atomic mass is 9.67. The van der Waals surface area contributed by atoms with Gasteiger partial charge in [-0.3, -0.25) is 9.79 Å². The lowest BCUT2D eigenvalue weighted by molar-refractivity contribution is -0.131. The number of ether oxygens (including phenoxy) is 1. The van der Waals surface area contributed by atoms with Gasteiger partial charge in [-0.1, -0.05) is 6.42 Å². The smallest absolute Gasteiger partial charge is 0.224 e. The van der Waals surface area contributed by atoms with Gasteiger partial charge in [-0.2, -0.15) is 0 Å². The molecule has 1 saturated carbocycles. The quantitative estimate of drug-likeness (QED) is 0.290. The van der Waals surface area contributed by atoms with Crippen molar-refractivity contribution in [3.8, 4) is 0 Å². The molecule has 3 rings (SSSR count). The monoisotopic (exact) mass is 534 g/mol. The van der Waals surface area contributed by atoms with Crippen LogP contribution in [0.5, 0.6) is 0 Å². The number of methoxy groups -OCH3 is 1. The Kier molecular flexibility index (Phi) is 10.2. The third-order valence-corrected chi connectivity index (χ3v) is 6.98. The van der Waals surface area contributed by atoms with Crippen molar-refractivity contribution < 1.29 is 9.53 Å². The molecule has 1 aromatic heterocycles. The lowest BCUT2D eigenvalue weighted by Gasteiger charge is -2.40. The predicted octanol–water partition coefficient (Wildman–Crippen LogP) is 3.40. The number of hydrogen-bond acceptors (Lipinski definition) is 4. The minimum Gasteiger partial charge on any atom is -0.385 e. The largest absolute Gasteiger partial charge is 0.385 e. The number of nitrogens with one attached hydrogen (secondary N) is 2. The Morgan fingerprint density at radius 2 is 2.21 bits per heavy atom. The lowest BCUT2D eigenvalue weighted by Crippen LogP contribution is -2.42. The number of fused-ring (bicyclic) bond motifs is 1. The highest BCUT2D eigenvalue weighted by atomic mass is 127. The maximum Gasteiger partial charge on any atom is 0.224 e. The Morgan fingerprint density at radius 3 is 2.90 bits per heavy atom. The molecule has 2 N–H and O–H groups in total. The fourth-order valence-electron chi connectivity index (χ4n) is 3.98. The molecule has 0 atom stereocenters. The molecule has 164 valence electrons. The van der Waals surface area contributed by atoms with Gasteiger partial charge in [0.05, 0.1) is 0 Å². The zero-order chi connectivity index (χ0) is 19.8. The minimum absolute atomic E-state index is 0. The molecular formula is C21H35IN4O2S. The van der Waals surface area contributed by atoms with Gasteiger partial charge in [0.25, 0.3) is 0 Å². The molecule has 0 aromatic carbocycles. The van der Waals surface area contributed by atoms with Gasteiger partial charge in [-0.15, -0.1) is 35.3 Å². The van der Waals surface area contributed by atoms with E-state index >= 15 is 0 Å². The summed E-state index contributed by atoms with van der Waals surface area (Å²) in [4.78, 5) is 20.8. The van der Waals surface area contributed by atoms with E-state index in [0.717, 1.165) is 51.6 Å². The number of nitrogens with zero attached hydrogens (tertiary/aromatic N) is 2. The first kappa shape index (κ1) is 24.4. The number of rotatable bonds is 9. The second kappa shape index (κ2) is 12.1. The van der Waals surface area contributed by atoms with E-state index in [4.69, 9.17) is 9.73 Å². The summed E-state index contributed by atoms with van der Waals surface area (Å²) in [6, 6.07) is 2.15. The van der Waals surface area contributed by atoms with E-state index in [1.54, 1.807) is 18.4 Å². The standard InChI is InChI=1S/C21H34N4O2S.HI/c1-3-22-20(24-16-21(8-4-9-21)10-13-27-2)23-11-5-19(26)25-12-6-18-17(15-25)7-14-28-18;/h7,14H,3-6,8-13,15-16H2,1-2H3,(H2,22,23,24);1H. The van der Waals surface area contributed by atoms with Crippen molar-refractivity contribution in [2.24, 2.45) is 10.4 Å². The summed E-state index contributed by atoms with van der Waals surface area (Å²) in [5, 5.41) is 8.78. The van der Waals surface area contributed by atoms with Crippen molar-refractivity contribution in [3.05, 3.63) is 21.9 Å². The first-order valence-corrected chi connectivity index (χ1v) is 11.4. The molecule has 0 radical (unpaired) electrons. The predicted molar refractivity (Wildman–Crippen MR) is 130 cm³/mol. The molecule has 1 aromatic rings. The Bertz CT molecular complexity index is 675. The number of carbonyl (C=O) groups is 1. The molecule has 2 aliphatic rings. The molecule has 1 aliphatic heterocycles. The molecule has 1 aliphatic carbocycles. The van der Waals surface area contributed by atoms with Crippen LogP contribution >= 0.6 is 35.3 Å². The van der Waals surface area contributed by atoms with Crippen LogP contribution in [0.3, 0.4) is 0 Å². The van der Waals surface area contributed by atoms with Gasteiger partial charge in [0, 0.05) is 57.7 Å². The van der Waals surface area contributed by atoms with Crippen molar-refractivity contribution in [2.75, 3.05) is 39.9 Å². The van der Waals surface area contributed by atoms with Crippen LogP contribution in [0, 0.1) is 5.41 Å². The van der Waals surface area contributed by atoms with E-state index in [1.165, 1.54) is 29.7 Å². The fraction of sp³-hybridized carbons (Fsp3) is 0.714. The number of amides is 1. The zero-order valence-electron chi connectivity index (χ0n) is 17.7. The second-order valence-electron chi connectivity index (χ2n) is 7.90. The third kappa shape index (κ3) is 6.82. The maximum atomic E-state index is 12.6. The van der Waals surface area contributed by atoms with Crippen LogP contribution in [0.25, 0.3) is 0 Å². The summed E-state index contributed by atoms with van der Waals surface area (Å²) in [6.07, 6.45) is 6.32. The van der Waals surface area contributed by atoms with Crippen LogP contribution < -0.4 is 10.6 Å². The highest BCUT2D eigenvalue weighted by molar-refractivity contribution is 14.0. The molecule has 2 heterocycles. The number of aliphatic imine (C=N–C) groups is 1. The summed E-state index contributed by atoms with van der Waals surface area (Å²) in [7, 11) is 1.76. The van der Waals surface area contributed by atoms with Crippen molar-refractivity contribution in [3.63, 3.8) is 0 Å². The summed E-state index contributed by atoms with van der Waals surface area (Å²) in [6.45, 7) is 6.72. The first-order valence-electron chi connectivity index (χ1n) is 10.5. The Hall–Kier alpha value is -0.870. The average molecular weight is 535 g/mol. The van der Waals surface area contributed by atoms with Gasteiger partial charge >= 0.3 is 0 Å². The highest BCUT2D eigenvalue weighted by Gasteiger charge is 2.36. The SMILES string of the molecule is CCNC(=NCC1(CCOC)CCC1)NCCC(=O)N1CCc2sccc2C1.I. The minimum atomic E-state index is 0. The number of halogens is 1. The van der Waals surface area contributed by atoms with E-state index in [1.807, 2.05) is 4.90 Å². The molecule has 6 nitrogen and oxygen atoms in total. The Morgan fingerprint density at radius 1 is 1.38 bits per heavy atom. The second-order valence-corrected chi connectivity index (χ2v) is 8.90. The van der Waals surface area contributed by atoms with E-state index in [2.05, 4.69) is 29.0 Å². The first-order chi connectivity index (χ1) is 13.7. The van der Waals surface area contributed by atoms with Crippen LogP contribution in [-0.2, 0) is 22.5 Å². The number of hydrogen-bond donors (Lipinski definition) is 2. The molecule has 0 spiro atoms. The molecule has 8 heteroatoms. The van der Waals surface area contributed by atoms with Gasteiger partial charge in [0.2, 0.25) is 5.91 Å². The molecule has 0 unspecified atom stereocenters. The number of thiophene rings is 1. The van der Waals surface area contributed by atoms with Gasteiger partial charge < -0.3 is 20.3 Å². The number of guanidine groups is 1. The summed E-state index contributed by atoms with van der Waals surface area (Å²) in [5.74, 6) is 1.04. The van der Waals surface area contributed by atoms with E-state index in [0.29, 0.717) is 18.4 Å². The topological polar surface area (TPSA) is 66.0 Å². The van der Waals surface area contributed by atoms with Crippen LogP contribution in [0.4, 0.5) is 0 Å². The van der Waals surface area contributed by atoms with Gasteiger partial charge in [-0.05, 0) is 55.0 Å². The van der Waals surface area contributed by atoms with Gasteiger partial charge in [-0.25, -0.2) is 0 Å². The Labute approximate surface area is 195 Å². The third-order valence-electron chi connectivity index (χ3n) is 5.96. The molecule has 1 fully saturated rings. The van der Waals surface area contributed by atoms with Crippen LogP contribution in [0.15, 0.2) is 16.4 Å². The Balaban J connectivity index is 0.00000300. The fourth-order valence-corrected chi connectivity index (χ4v) is 4.87. The summed E-state index contributed by atoms with van der Waals surface area (Å²) >= 11 is 1.80. The normalized spacial score (nSPS) is 17.7.